The average molecular weight is 333 g/mol. The summed E-state index contributed by atoms with van der Waals surface area (Å²) in [5.41, 5.74) is 0.341. The van der Waals surface area contributed by atoms with E-state index >= 15 is 0 Å². The fourth-order valence-corrected chi connectivity index (χ4v) is 2.34. The maximum Gasteiger partial charge on any atom is 0.234 e. The van der Waals surface area contributed by atoms with Crippen molar-refractivity contribution in [3.8, 4) is 0 Å². The third kappa shape index (κ3) is 5.89. The Hall–Kier alpha value is -1.20. The van der Waals surface area contributed by atoms with Crippen LogP contribution in [0.15, 0.2) is 18.2 Å². The first-order valence-corrected chi connectivity index (χ1v) is 7.55. The van der Waals surface area contributed by atoms with Gasteiger partial charge in [0.2, 0.25) is 5.91 Å². The summed E-state index contributed by atoms with van der Waals surface area (Å²) in [6.45, 7) is 3.06. The van der Waals surface area contributed by atoms with Crippen LogP contribution in [-0.4, -0.2) is 19.0 Å². The summed E-state index contributed by atoms with van der Waals surface area (Å²) in [7, 11) is 0. The van der Waals surface area contributed by atoms with Gasteiger partial charge < -0.3 is 10.6 Å². The fraction of sp³-hybridized carbons (Fsp3) is 0.562. The molecule has 1 aliphatic carbocycles. The number of rotatable bonds is 8. The van der Waals surface area contributed by atoms with Crippen LogP contribution in [0.25, 0.3) is 0 Å². The van der Waals surface area contributed by atoms with E-state index in [9.17, 15) is 13.6 Å². The van der Waals surface area contributed by atoms with Crippen LogP contribution in [0.3, 0.4) is 0 Å². The van der Waals surface area contributed by atoms with E-state index in [4.69, 9.17) is 0 Å². The van der Waals surface area contributed by atoms with Crippen molar-refractivity contribution in [2.45, 2.75) is 38.6 Å². The lowest BCUT2D eigenvalue weighted by Crippen LogP contribution is -2.37. The van der Waals surface area contributed by atoms with E-state index < -0.39 is 17.7 Å². The summed E-state index contributed by atoms with van der Waals surface area (Å²) >= 11 is 0. The average Bonchev–Trinajstić information content (AvgIpc) is 3.22. The molecule has 3 nitrogen and oxygen atoms in total. The highest BCUT2D eigenvalue weighted by Crippen LogP contribution is 2.27. The van der Waals surface area contributed by atoms with Crippen molar-refractivity contribution >= 4 is 18.3 Å². The molecule has 0 saturated heterocycles. The topological polar surface area (TPSA) is 41.1 Å². The number of hydrogen-bond donors (Lipinski definition) is 2. The SMILES string of the molecule is CCCC(NC(=O)CNCC1CC1)c1ccc(F)cc1F.Cl. The lowest BCUT2D eigenvalue weighted by Gasteiger charge is -2.19. The highest BCUT2D eigenvalue weighted by Gasteiger charge is 2.21. The number of hydrogen-bond acceptors (Lipinski definition) is 2. The van der Waals surface area contributed by atoms with Gasteiger partial charge in [0.05, 0.1) is 12.6 Å². The molecule has 1 unspecified atom stereocenters. The van der Waals surface area contributed by atoms with E-state index in [0.717, 1.165) is 19.0 Å². The van der Waals surface area contributed by atoms with Gasteiger partial charge >= 0.3 is 0 Å². The van der Waals surface area contributed by atoms with Crippen molar-refractivity contribution < 1.29 is 13.6 Å². The number of carbonyl (C=O) groups is 1. The monoisotopic (exact) mass is 332 g/mol. The van der Waals surface area contributed by atoms with Gasteiger partial charge in [-0.2, -0.15) is 0 Å². The van der Waals surface area contributed by atoms with E-state index in [1.165, 1.54) is 25.0 Å². The van der Waals surface area contributed by atoms with Crippen LogP contribution in [0, 0.1) is 17.6 Å². The van der Waals surface area contributed by atoms with Crippen LogP contribution in [0.1, 0.15) is 44.2 Å². The molecule has 1 aromatic carbocycles. The molecule has 6 heteroatoms. The standard InChI is InChI=1S/C16H22F2N2O.ClH/c1-2-3-15(13-7-6-12(17)8-14(13)18)20-16(21)10-19-9-11-4-5-11;/h6-8,11,15,19H,2-5,9-10H2,1H3,(H,20,21);1H. The van der Waals surface area contributed by atoms with Gasteiger partial charge in [0.15, 0.2) is 0 Å². The molecule has 1 atom stereocenters. The predicted octanol–water partition coefficient (Wildman–Crippen LogP) is 3.34. The number of benzene rings is 1. The van der Waals surface area contributed by atoms with E-state index in [1.807, 2.05) is 6.92 Å². The second-order valence-corrected chi connectivity index (χ2v) is 5.65. The smallest absolute Gasteiger partial charge is 0.234 e. The minimum Gasteiger partial charge on any atom is -0.348 e. The van der Waals surface area contributed by atoms with Crippen LogP contribution in [0.4, 0.5) is 8.78 Å². The van der Waals surface area contributed by atoms with E-state index in [0.29, 0.717) is 17.9 Å². The lowest BCUT2D eigenvalue weighted by atomic mass is 10.0. The molecule has 0 aliphatic heterocycles. The molecule has 2 N–H and O–H groups in total. The van der Waals surface area contributed by atoms with Gasteiger partial charge in [0.25, 0.3) is 0 Å². The third-order valence-corrected chi connectivity index (χ3v) is 3.67. The largest absolute Gasteiger partial charge is 0.348 e. The molecule has 1 fully saturated rings. The molecule has 0 heterocycles. The second-order valence-electron chi connectivity index (χ2n) is 5.65. The molecular formula is C16H23ClF2N2O. The number of nitrogens with one attached hydrogen (secondary N) is 2. The first-order chi connectivity index (χ1) is 10.1. The Morgan fingerprint density at radius 1 is 1.36 bits per heavy atom. The zero-order chi connectivity index (χ0) is 15.2. The van der Waals surface area contributed by atoms with Crippen LogP contribution in [0.5, 0.6) is 0 Å². The first kappa shape index (κ1) is 18.8. The highest BCUT2D eigenvalue weighted by molar-refractivity contribution is 5.85. The van der Waals surface area contributed by atoms with Gasteiger partial charge in [-0.25, -0.2) is 8.78 Å². The first-order valence-electron chi connectivity index (χ1n) is 7.55. The molecule has 0 spiro atoms. The maximum atomic E-state index is 13.8. The van der Waals surface area contributed by atoms with Crippen molar-refractivity contribution in [3.63, 3.8) is 0 Å². The molecule has 124 valence electrons. The van der Waals surface area contributed by atoms with Crippen molar-refractivity contribution in [3.05, 3.63) is 35.4 Å². The molecule has 1 aromatic rings. The molecule has 1 saturated carbocycles. The zero-order valence-corrected chi connectivity index (χ0v) is 13.5. The van der Waals surface area contributed by atoms with Crippen LogP contribution < -0.4 is 10.6 Å². The van der Waals surface area contributed by atoms with Gasteiger partial charge in [0.1, 0.15) is 11.6 Å². The molecule has 0 radical (unpaired) electrons. The van der Waals surface area contributed by atoms with E-state index in [2.05, 4.69) is 10.6 Å². The third-order valence-electron chi connectivity index (χ3n) is 3.67. The van der Waals surface area contributed by atoms with Crippen LogP contribution in [-0.2, 0) is 4.79 Å². The van der Waals surface area contributed by atoms with Crippen LogP contribution in [0.2, 0.25) is 0 Å². The van der Waals surface area contributed by atoms with Gasteiger partial charge in [-0.3, -0.25) is 4.79 Å². The molecule has 2 rings (SSSR count). The summed E-state index contributed by atoms with van der Waals surface area (Å²) < 4.78 is 26.8. The quantitative estimate of drug-likeness (QED) is 0.766. The van der Waals surface area contributed by atoms with Crippen molar-refractivity contribution in [1.82, 2.24) is 10.6 Å². The molecule has 0 aromatic heterocycles. The van der Waals surface area contributed by atoms with Crippen molar-refractivity contribution in [2.75, 3.05) is 13.1 Å². The Morgan fingerprint density at radius 2 is 2.09 bits per heavy atom. The summed E-state index contributed by atoms with van der Waals surface area (Å²) in [4.78, 5) is 11.9. The predicted molar refractivity (Wildman–Crippen MR) is 85.0 cm³/mol. The molecule has 0 bridgehead atoms. The number of carbonyl (C=O) groups excluding carboxylic acids is 1. The normalized spacial score (nSPS) is 15.0. The minimum absolute atomic E-state index is 0. The summed E-state index contributed by atoms with van der Waals surface area (Å²) in [5.74, 6) is -0.666. The number of halogens is 3. The fourth-order valence-electron chi connectivity index (χ4n) is 2.34. The van der Waals surface area contributed by atoms with Crippen LogP contribution >= 0.6 is 12.4 Å². The Labute approximate surface area is 136 Å². The number of amides is 1. The Bertz CT molecular complexity index is 495. The molecule has 22 heavy (non-hydrogen) atoms. The summed E-state index contributed by atoms with van der Waals surface area (Å²) in [5, 5.41) is 5.93. The van der Waals surface area contributed by atoms with Gasteiger partial charge in [0, 0.05) is 11.6 Å². The Morgan fingerprint density at radius 3 is 2.68 bits per heavy atom. The lowest BCUT2D eigenvalue weighted by molar-refractivity contribution is -0.121. The van der Waals surface area contributed by atoms with Gasteiger partial charge in [-0.05, 0) is 37.8 Å². The summed E-state index contributed by atoms with van der Waals surface area (Å²) in [6.07, 6.45) is 3.88. The van der Waals surface area contributed by atoms with E-state index in [-0.39, 0.29) is 24.9 Å². The Balaban J connectivity index is 0.00000242. The minimum atomic E-state index is -0.611. The highest BCUT2D eigenvalue weighted by atomic mass is 35.5. The van der Waals surface area contributed by atoms with Gasteiger partial charge in [-0.15, -0.1) is 12.4 Å². The second kappa shape index (κ2) is 9.06. The van der Waals surface area contributed by atoms with Crippen molar-refractivity contribution in [1.29, 1.82) is 0 Å². The zero-order valence-electron chi connectivity index (χ0n) is 12.7. The Kier molecular flexibility index (Phi) is 7.76. The van der Waals surface area contributed by atoms with Crippen molar-refractivity contribution in [2.24, 2.45) is 5.92 Å². The molecular weight excluding hydrogens is 310 g/mol. The summed E-state index contributed by atoms with van der Waals surface area (Å²) in [6, 6.07) is 3.07. The van der Waals surface area contributed by atoms with Gasteiger partial charge in [-0.1, -0.05) is 19.4 Å². The van der Waals surface area contributed by atoms with E-state index in [1.54, 1.807) is 0 Å². The molecule has 1 amide bonds. The maximum absolute atomic E-state index is 13.8. The molecule has 1 aliphatic rings.